The fourth-order valence-corrected chi connectivity index (χ4v) is 29.0. The van der Waals surface area contributed by atoms with Gasteiger partial charge in [0.1, 0.15) is 34.5 Å². The van der Waals surface area contributed by atoms with Gasteiger partial charge >= 0.3 is 0 Å². The molecule has 0 saturated carbocycles. The second-order valence-electron chi connectivity index (χ2n) is 39.3. The number of para-hydroxylation sites is 11. The molecule has 6 nitrogen and oxygen atoms in total. The molecule has 0 radical (unpaired) electrons. The molecule has 0 unspecified atom stereocenters. The first-order chi connectivity index (χ1) is 74.4. The molecule has 6 heterocycles. The third-order valence-electron chi connectivity index (χ3n) is 31.5. The fourth-order valence-electron chi connectivity index (χ4n) is 25.6. The number of ether oxygens (including phenoxy) is 3. The number of anilines is 9. The first kappa shape index (κ1) is 87.0. The molecule has 0 fully saturated rings. The Bertz CT molecular complexity index is 9760. The summed E-state index contributed by atoms with van der Waals surface area (Å²) >= 11 is 5.64. The summed E-state index contributed by atoms with van der Waals surface area (Å²) in [5.74, 6) is 5.50. The van der Waals surface area contributed by atoms with Gasteiger partial charge in [0.05, 0.1) is 39.0 Å². The van der Waals surface area contributed by atoms with Crippen LogP contribution in [0.4, 0.5) is 51.2 Å². The summed E-state index contributed by atoms with van der Waals surface area (Å²) in [5, 5.41) is 7.65. The molecule has 704 valence electrons. The van der Waals surface area contributed by atoms with Gasteiger partial charge in [0.2, 0.25) is 0 Å². The number of rotatable bonds is 11. The molecule has 3 aliphatic carbocycles. The summed E-state index contributed by atoms with van der Waals surface area (Å²) in [6.45, 7) is 0. The summed E-state index contributed by atoms with van der Waals surface area (Å²) in [4.78, 5) is 7.27. The van der Waals surface area contributed by atoms with Crippen LogP contribution in [0, 0.1) is 0 Å². The predicted molar refractivity (Wildman–Crippen MR) is 625 cm³/mol. The number of nitrogens with zero attached hydrogens (tertiary/aromatic N) is 3. The lowest BCUT2D eigenvalue weighted by Gasteiger charge is -2.39. The molecule has 150 heavy (non-hydrogen) atoms. The minimum Gasteiger partial charge on any atom is -0.457 e. The average molecular weight is 1970 g/mol. The van der Waals surface area contributed by atoms with Gasteiger partial charge in [-0.1, -0.05) is 364 Å². The minimum atomic E-state index is -0.491. The highest BCUT2D eigenvalue weighted by Gasteiger charge is 2.55. The maximum atomic E-state index is 6.59. The maximum Gasteiger partial charge on any atom is 0.132 e. The highest BCUT2D eigenvalue weighted by atomic mass is 32.1. The molecule has 9 heteroatoms. The smallest absolute Gasteiger partial charge is 0.132 e. The lowest BCUT2D eigenvalue weighted by Crippen LogP contribution is -2.32. The van der Waals surface area contributed by atoms with E-state index < -0.39 is 16.2 Å². The van der Waals surface area contributed by atoms with Crippen molar-refractivity contribution in [3.63, 3.8) is 0 Å². The van der Waals surface area contributed by atoms with E-state index in [2.05, 4.69) is 555 Å². The first-order valence-corrected chi connectivity index (χ1v) is 53.7. The van der Waals surface area contributed by atoms with Crippen molar-refractivity contribution in [2.24, 2.45) is 0 Å². The van der Waals surface area contributed by atoms with E-state index in [1.54, 1.807) is 0 Å². The molecule has 0 amide bonds. The SMILES string of the molecule is c1ccc(-c2cccc(N(c3ccccc3)c3cccc4sc5cc6c(cc5c34)-c3ccccc3C63c4ccccc4Oc4ccccc43)c2)cc1.c1ccc(-c2ccccc2N(c2ccccc2)c2cccc3sc4cc5c(cc4c23)-c2ccccc2C52c3ccccc3Oc3ccccc32)cc1.c1ccc(N(c2ccccc2)c2cccc3sc4cc5c(cc4c23)-c2ccccc2C52c3ccccc3Oc3ccccc32)cc1. The van der Waals surface area contributed by atoms with Crippen LogP contribution < -0.4 is 28.9 Å². The third kappa shape index (κ3) is 13.1. The van der Waals surface area contributed by atoms with Crippen molar-refractivity contribution in [1.29, 1.82) is 0 Å². The predicted octanol–water partition coefficient (Wildman–Crippen LogP) is 39.3. The summed E-state index contributed by atoms with van der Waals surface area (Å²) in [5.41, 5.74) is 36.3. The highest BCUT2D eigenvalue weighted by molar-refractivity contribution is 7.26. The maximum absolute atomic E-state index is 6.59. The van der Waals surface area contributed by atoms with Gasteiger partial charge in [0, 0.05) is 128 Å². The quantitative estimate of drug-likeness (QED) is 0.128. The zero-order valence-corrected chi connectivity index (χ0v) is 83.6. The second-order valence-corrected chi connectivity index (χ2v) is 42.5. The van der Waals surface area contributed by atoms with Crippen LogP contribution in [0.15, 0.2) is 540 Å². The van der Waals surface area contributed by atoms with E-state index in [1.165, 1.54) is 200 Å². The second kappa shape index (κ2) is 34.9. The standard InChI is InChI=1S/2C49H31NOS.C43H27NOS/c1-3-16-32(17-4-1)34-20-8-12-25-42(34)50(33-18-5-2-6-19-33)43-26-15-29-46-48(43)37-30-36-35-21-7-9-22-38(35)49(41(36)31-47(37)52-46)39-23-10-13-27-44(39)51-45-28-14-11-24-40(45)49;1-3-15-32(16-4-1)33-17-13-20-35(29-33)50(34-18-5-2-6-19-34)43-25-14-28-46-48(43)38-30-37-36-21-7-8-22-39(36)49(42(37)31-47(38)52-46)40-23-9-11-26-44(40)51-45-27-12-10-24-41(45)49;1-3-14-28(15-4-1)44(29-16-5-2-6-17-29)37-22-13-25-40-42(37)32-26-31-30-18-7-8-19-33(30)43(36(31)27-41(32)46-40)34-20-9-11-23-38(34)45-39-24-12-10-21-35(39)43/h2*1-31H;1-27H. The molecule has 6 aliphatic rings. The molecule has 23 aromatic carbocycles. The van der Waals surface area contributed by atoms with Gasteiger partial charge in [-0.25, -0.2) is 0 Å². The van der Waals surface area contributed by atoms with Crippen LogP contribution in [0.3, 0.4) is 0 Å². The molecular weight excluding hydrogens is 1880 g/mol. The Morgan fingerprint density at radius 3 is 0.727 bits per heavy atom. The fraction of sp³-hybridized carbons (Fsp3) is 0.0213. The number of thiophene rings is 3. The van der Waals surface area contributed by atoms with Crippen LogP contribution in [0.2, 0.25) is 0 Å². The number of hydrogen-bond acceptors (Lipinski definition) is 9. The van der Waals surface area contributed by atoms with Crippen molar-refractivity contribution >= 4 is 146 Å². The van der Waals surface area contributed by atoms with E-state index in [1.807, 2.05) is 34.0 Å². The van der Waals surface area contributed by atoms with Crippen molar-refractivity contribution in [3.8, 4) is 90.1 Å². The summed E-state index contributed by atoms with van der Waals surface area (Å²) in [7, 11) is 0. The van der Waals surface area contributed by atoms with Crippen LogP contribution in [-0.4, -0.2) is 0 Å². The third-order valence-corrected chi connectivity index (χ3v) is 34.9. The molecule has 0 saturated heterocycles. The molecule has 3 aliphatic heterocycles. The Hall–Kier alpha value is -18.5. The minimum absolute atomic E-state index is 0.468. The van der Waals surface area contributed by atoms with Gasteiger partial charge in [-0.15, -0.1) is 34.0 Å². The van der Waals surface area contributed by atoms with Crippen molar-refractivity contribution in [3.05, 3.63) is 607 Å². The van der Waals surface area contributed by atoms with E-state index in [-0.39, 0.29) is 0 Å². The molecule has 3 spiro atoms. The molecule has 0 bridgehead atoms. The molecule has 32 rings (SSSR count). The van der Waals surface area contributed by atoms with Crippen LogP contribution in [0.1, 0.15) is 66.8 Å². The van der Waals surface area contributed by atoms with E-state index >= 15 is 0 Å². The van der Waals surface area contributed by atoms with E-state index in [9.17, 15) is 0 Å². The molecule has 0 N–H and O–H groups in total. The van der Waals surface area contributed by atoms with Crippen molar-refractivity contribution in [2.45, 2.75) is 16.2 Å². The summed E-state index contributed by atoms with van der Waals surface area (Å²) in [6.07, 6.45) is 0. The molecule has 3 aromatic heterocycles. The Morgan fingerprint density at radius 2 is 0.387 bits per heavy atom. The van der Waals surface area contributed by atoms with Gasteiger partial charge in [-0.05, 0) is 259 Å². The van der Waals surface area contributed by atoms with Gasteiger partial charge in [0.25, 0.3) is 0 Å². The van der Waals surface area contributed by atoms with Crippen molar-refractivity contribution in [1.82, 2.24) is 0 Å². The zero-order valence-electron chi connectivity index (χ0n) is 81.2. The Kier molecular flexibility index (Phi) is 20.2. The summed E-state index contributed by atoms with van der Waals surface area (Å²) in [6, 6.07) is 196. The van der Waals surface area contributed by atoms with Crippen LogP contribution in [0.5, 0.6) is 34.5 Å². The monoisotopic (exact) mass is 1970 g/mol. The number of hydrogen-bond donors (Lipinski definition) is 0. The molecule has 0 atom stereocenters. The molecule has 26 aromatic rings. The van der Waals surface area contributed by atoms with Crippen molar-refractivity contribution < 1.29 is 14.2 Å². The van der Waals surface area contributed by atoms with Crippen LogP contribution >= 0.6 is 34.0 Å². The Morgan fingerprint density at radius 1 is 0.147 bits per heavy atom. The van der Waals surface area contributed by atoms with E-state index in [4.69, 9.17) is 14.2 Å². The van der Waals surface area contributed by atoms with Gasteiger partial charge in [0.15, 0.2) is 0 Å². The lowest BCUT2D eigenvalue weighted by molar-refractivity contribution is 0.436. The van der Waals surface area contributed by atoms with Gasteiger partial charge in [-0.2, -0.15) is 0 Å². The van der Waals surface area contributed by atoms with Crippen molar-refractivity contribution in [2.75, 3.05) is 14.7 Å². The van der Waals surface area contributed by atoms with Crippen LogP contribution in [0.25, 0.3) is 116 Å². The Labute approximate surface area is 880 Å². The van der Waals surface area contributed by atoms with E-state index in [0.29, 0.717) is 0 Å². The average Bonchev–Trinajstić information content (AvgIpc) is 1.52. The normalized spacial score (nSPS) is 13.4. The highest BCUT2D eigenvalue weighted by Crippen LogP contribution is 2.69. The topological polar surface area (TPSA) is 37.4 Å². The Balaban J connectivity index is 0.000000104. The van der Waals surface area contributed by atoms with Gasteiger partial charge in [-0.3, -0.25) is 0 Å². The first-order valence-electron chi connectivity index (χ1n) is 51.2. The van der Waals surface area contributed by atoms with Crippen LogP contribution in [-0.2, 0) is 16.2 Å². The lowest BCUT2D eigenvalue weighted by atomic mass is 9.66. The van der Waals surface area contributed by atoms with Gasteiger partial charge < -0.3 is 28.9 Å². The van der Waals surface area contributed by atoms with E-state index in [0.717, 1.165) is 68.6 Å². The molecular formula is C141H89N3O3S3. The number of benzene rings is 23. The number of fused-ring (bicyclic) bond motifs is 36. The largest absolute Gasteiger partial charge is 0.457 e. The zero-order chi connectivity index (χ0) is 98.7. The summed E-state index contributed by atoms with van der Waals surface area (Å²) < 4.78 is 27.4.